The van der Waals surface area contributed by atoms with Gasteiger partial charge in [-0.25, -0.2) is 0 Å². The third-order valence-electron chi connectivity index (χ3n) is 2.01. The molecule has 3 heteroatoms. The van der Waals surface area contributed by atoms with Crippen LogP contribution in [-0.4, -0.2) is 13.1 Å². The molecule has 0 heterocycles. The molecule has 0 unspecified atom stereocenters. The molecule has 0 bridgehead atoms. The van der Waals surface area contributed by atoms with E-state index >= 15 is 0 Å². The fraction of sp³-hybridized carbons (Fsp3) is 0.727. The summed E-state index contributed by atoms with van der Waals surface area (Å²) in [6, 6.07) is 0. The van der Waals surface area contributed by atoms with Crippen LogP contribution < -0.4 is 0 Å². The van der Waals surface area contributed by atoms with Gasteiger partial charge in [0.25, 0.3) is 0 Å². The van der Waals surface area contributed by atoms with E-state index in [1.54, 1.807) is 0 Å². The summed E-state index contributed by atoms with van der Waals surface area (Å²) in [5, 5.41) is 0. The number of hydrogen-bond acceptors (Lipinski definition) is 2. The van der Waals surface area contributed by atoms with Crippen molar-refractivity contribution in [2.45, 2.75) is 34.1 Å². The Bertz CT molecular complexity index is 269. The lowest BCUT2D eigenvalue weighted by atomic mass is 9.75. The molecule has 0 atom stereocenters. The molecule has 0 aromatic carbocycles. The number of carbonyl (C=O) groups excluding carboxylic acids is 1. The summed E-state index contributed by atoms with van der Waals surface area (Å²) in [6.07, 6.45) is 0.672. The molecule has 0 N–H and O–H groups in total. The highest BCUT2D eigenvalue weighted by molar-refractivity contribution is 9.12. The van der Waals surface area contributed by atoms with Crippen LogP contribution in [0.4, 0.5) is 0 Å². The standard InChI is InChI=1S/C11H17BrO2/c1-10(2,6-7-12)8-11(3,4)9(13)14-5/h8H2,1-5H3. The first-order chi connectivity index (χ1) is 6.25. The summed E-state index contributed by atoms with van der Waals surface area (Å²) in [6.45, 7) is 7.75. The topological polar surface area (TPSA) is 26.3 Å². The van der Waals surface area contributed by atoms with Crippen molar-refractivity contribution in [2.24, 2.45) is 10.8 Å². The van der Waals surface area contributed by atoms with Gasteiger partial charge in [0.05, 0.1) is 12.5 Å². The molecule has 0 aromatic heterocycles. The van der Waals surface area contributed by atoms with Crippen molar-refractivity contribution in [2.75, 3.05) is 7.11 Å². The smallest absolute Gasteiger partial charge is 0.311 e. The highest BCUT2D eigenvalue weighted by Gasteiger charge is 2.34. The Kier molecular flexibility index (Phi) is 4.67. The molecule has 0 amide bonds. The Balaban J connectivity index is 4.63. The maximum absolute atomic E-state index is 11.4. The molecule has 0 spiro atoms. The Hall–Kier alpha value is -0.490. The molecular formula is C11H17BrO2. The van der Waals surface area contributed by atoms with Gasteiger partial charge in [0, 0.05) is 21.3 Å². The van der Waals surface area contributed by atoms with Crippen molar-refractivity contribution >= 4 is 21.9 Å². The van der Waals surface area contributed by atoms with Gasteiger partial charge in [-0.1, -0.05) is 5.92 Å². The van der Waals surface area contributed by atoms with Gasteiger partial charge >= 0.3 is 5.97 Å². The van der Waals surface area contributed by atoms with Crippen molar-refractivity contribution in [1.82, 2.24) is 0 Å². The van der Waals surface area contributed by atoms with Crippen molar-refractivity contribution in [3.63, 3.8) is 0 Å². The average molecular weight is 261 g/mol. The Morgan fingerprint density at radius 2 is 1.86 bits per heavy atom. The number of rotatable bonds is 3. The zero-order valence-corrected chi connectivity index (χ0v) is 11.0. The maximum atomic E-state index is 11.4. The van der Waals surface area contributed by atoms with Crippen molar-refractivity contribution in [3.05, 3.63) is 0 Å². The fourth-order valence-electron chi connectivity index (χ4n) is 1.63. The van der Waals surface area contributed by atoms with Crippen molar-refractivity contribution in [3.8, 4) is 10.8 Å². The zero-order valence-electron chi connectivity index (χ0n) is 9.40. The average Bonchev–Trinajstić information content (AvgIpc) is 2.00. The third-order valence-corrected chi connectivity index (χ3v) is 2.21. The number of methoxy groups -OCH3 is 1. The predicted molar refractivity (Wildman–Crippen MR) is 60.9 cm³/mol. The minimum atomic E-state index is -0.491. The number of ether oxygens (including phenoxy) is 1. The van der Waals surface area contributed by atoms with E-state index in [9.17, 15) is 4.79 Å². The SMILES string of the molecule is COC(=O)C(C)(C)CC(C)(C)C#CBr. The van der Waals surface area contributed by atoms with Crippen LogP contribution in [0, 0.1) is 21.6 Å². The van der Waals surface area contributed by atoms with E-state index in [0.29, 0.717) is 6.42 Å². The van der Waals surface area contributed by atoms with Crippen LogP contribution in [-0.2, 0) is 9.53 Å². The maximum Gasteiger partial charge on any atom is 0.311 e. The second kappa shape index (κ2) is 4.84. The van der Waals surface area contributed by atoms with Gasteiger partial charge in [0.2, 0.25) is 0 Å². The van der Waals surface area contributed by atoms with E-state index in [1.165, 1.54) is 7.11 Å². The first-order valence-corrected chi connectivity index (χ1v) is 5.26. The van der Waals surface area contributed by atoms with E-state index in [2.05, 4.69) is 26.7 Å². The monoisotopic (exact) mass is 260 g/mol. The number of halogens is 1. The van der Waals surface area contributed by atoms with Crippen LogP contribution in [0.2, 0.25) is 0 Å². The molecule has 0 aliphatic rings. The third kappa shape index (κ3) is 4.15. The molecule has 0 fully saturated rings. The van der Waals surface area contributed by atoms with Crippen LogP contribution in [0.1, 0.15) is 34.1 Å². The van der Waals surface area contributed by atoms with Gasteiger partial charge in [-0.05, 0) is 38.9 Å². The first kappa shape index (κ1) is 13.5. The zero-order chi connectivity index (χ0) is 11.4. The highest BCUT2D eigenvalue weighted by Crippen LogP contribution is 2.34. The molecule has 0 aliphatic carbocycles. The van der Waals surface area contributed by atoms with Gasteiger partial charge in [-0.3, -0.25) is 4.79 Å². The second-order valence-electron chi connectivity index (χ2n) is 4.66. The van der Waals surface area contributed by atoms with Crippen LogP contribution >= 0.6 is 15.9 Å². The number of esters is 1. The summed E-state index contributed by atoms with van der Waals surface area (Å²) in [5.41, 5.74) is -0.684. The summed E-state index contributed by atoms with van der Waals surface area (Å²) in [7, 11) is 1.41. The van der Waals surface area contributed by atoms with Crippen LogP contribution in [0.15, 0.2) is 0 Å². The van der Waals surface area contributed by atoms with Gasteiger partial charge in [-0.2, -0.15) is 0 Å². The molecule has 0 aliphatic heterocycles. The van der Waals surface area contributed by atoms with Crippen LogP contribution in [0.5, 0.6) is 0 Å². The molecule has 0 aromatic rings. The Morgan fingerprint density at radius 3 is 2.21 bits per heavy atom. The summed E-state index contributed by atoms with van der Waals surface area (Å²) in [5.74, 6) is 2.82. The second-order valence-corrected chi connectivity index (χ2v) is 5.05. The van der Waals surface area contributed by atoms with Gasteiger partial charge in [0.15, 0.2) is 0 Å². The lowest BCUT2D eigenvalue weighted by Gasteiger charge is -2.28. The molecule has 0 saturated heterocycles. The van der Waals surface area contributed by atoms with Crippen LogP contribution in [0.25, 0.3) is 0 Å². The predicted octanol–water partition coefficient (Wildman–Crippen LogP) is 2.96. The van der Waals surface area contributed by atoms with E-state index in [0.717, 1.165) is 0 Å². The minimum Gasteiger partial charge on any atom is -0.469 e. The summed E-state index contributed by atoms with van der Waals surface area (Å²) >= 11 is 3.07. The molecule has 2 nitrogen and oxygen atoms in total. The molecule has 0 saturated carbocycles. The molecule has 0 radical (unpaired) electrons. The largest absolute Gasteiger partial charge is 0.469 e. The van der Waals surface area contributed by atoms with Crippen molar-refractivity contribution in [1.29, 1.82) is 0 Å². The molecule has 14 heavy (non-hydrogen) atoms. The van der Waals surface area contributed by atoms with E-state index in [4.69, 9.17) is 4.74 Å². The summed E-state index contributed by atoms with van der Waals surface area (Å²) in [4.78, 5) is 14.1. The number of hydrogen-bond donors (Lipinski definition) is 0. The Labute approximate surface area is 94.5 Å². The first-order valence-electron chi connectivity index (χ1n) is 4.46. The highest BCUT2D eigenvalue weighted by atomic mass is 79.9. The van der Waals surface area contributed by atoms with Crippen molar-refractivity contribution < 1.29 is 9.53 Å². The summed E-state index contributed by atoms with van der Waals surface area (Å²) < 4.78 is 4.74. The normalized spacial score (nSPS) is 11.6. The number of carbonyl (C=O) groups is 1. The van der Waals surface area contributed by atoms with E-state index < -0.39 is 5.41 Å². The van der Waals surface area contributed by atoms with Gasteiger partial charge in [0.1, 0.15) is 0 Å². The Morgan fingerprint density at radius 1 is 1.36 bits per heavy atom. The fourth-order valence-corrected chi connectivity index (χ4v) is 2.16. The minimum absolute atomic E-state index is 0.193. The lowest BCUT2D eigenvalue weighted by molar-refractivity contribution is -0.152. The van der Waals surface area contributed by atoms with Crippen LogP contribution in [0.3, 0.4) is 0 Å². The molecule has 80 valence electrons. The molecule has 0 rings (SSSR count). The van der Waals surface area contributed by atoms with Gasteiger partial charge < -0.3 is 4.74 Å². The lowest BCUT2D eigenvalue weighted by Crippen LogP contribution is -2.31. The van der Waals surface area contributed by atoms with E-state index in [1.807, 2.05) is 27.7 Å². The van der Waals surface area contributed by atoms with E-state index in [-0.39, 0.29) is 11.4 Å². The van der Waals surface area contributed by atoms with Gasteiger partial charge in [-0.15, -0.1) is 0 Å². The quantitative estimate of drug-likeness (QED) is 0.576. The molecular weight excluding hydrogens is 244 g/mol.